The highest BCUT2D eigenvalue weighted by atomic mass is 16.2. The van der Waals surface area contributed by atoms with Crippen molar-refractivity contribution >= 4 is 22.8 Å². The van der Waals surface area contributed by atoms with Crippen LogP contribution in [0.25, 0.3) is 11.0 Å². The molecule has 2 aromatic carbocycles. The monoisotopic (exact) mass is 390 g/mol. The number of fused-ring (bicyclic) bond motifs is 1. The van der Waals surface area contributed by atoms with Gasteiger partial charge in [0, 0.05) is 26.6 Å². The molecule has 0 saturated carbocycles. The molecule has 2 amide bonds. The number of para-hydroxylation sites is 2. The van der Waals surface area contributed by atoms with Gasteiger partial charge in [0.05, 0.1) is 23.5 Å². The van der Waals surface area contributed by atoms with Crippen molar-refractivity contribution in [2.24, 2.45) is 13.0 Å². The van der Waals surface area contributed by atoms with Crippen molar-refractivity contribution in [3.8, 4) is 0 Å². The molecule has 1 fully saturated rings. The number of benzene rings is 2. The Morgan fingerprint density at radius 2 is 1.90 bits per heavy atom. The summed E-state index contributed by atoms with van der Waals surface area (Å²) in [5.41, 5.74) is 3.18. The van der Waals surface area contributed by atoms with Gasteiger partial charge in [0.25, 0.3) is 0 Å². The molecular formula is C23H26N4O2. The maximum absolute atomic E-state index is 12.7. The zero-order valence-electron chi connectivity index (χ0n) is 16.7. The predicted octanol–water partition coefficient (Wildman–Crippen LogP) is 2.67. The highest BCUT2D eigenvalue weighted by Gasteiger charge is 2.30. The summed E-state index contributed by atoms with van der Waals surface area (Å²) in [6.07, 6.45) is 1.84. The van der Waals surface area contributed by atoms with Crippen LogP contribution in [0.4, 0.5) is 0 Å². The van der Waals surface area contributed by atoms with Gasteiger partial charge in [0.1, 0.15) is 5.82 Å². The summed E-state index contributed by atoms with van der Waals surface area (Å²) in [6, 6.07) is 18.1. The number of carbonyl (C=O) groups is 2. The SMILES string of the molecule is Cn1c(CNC(=O)[C@@H]2CCC(=O)N(CCc3ccccc3)C2)nc2ccccc21. The molecule has 1 N–H and O–H groups in total. The Bertz CT molecular complexity index is 1010. The van der Waals surface area contributed by atoms with Crippen LogP contribution >= 0.6 is 0 Å². The van der Waals surface area contributed by atoms with Gasteiger partial charge < -0.3 is 14.8 Å². The average molecular weight is 390 g/mol. The molecule has 2 heterocycles. The molecule has 150 valence electrons. The topological polar surface area (TPSA) is 67.2 Å². The van der Waals surface area contributed by atoms with Gasteiger partial charge >= 0.3 is 0 Å². The summed E-state index contributed by atoms with van der Waals surface area (Å²) in [7, 11) is 1.96. The molecule has 29 heavy (non-hydrogen) atoms. The molecule has 0 bridgehead atoms. The van der Waals surface area contributed by atoms with Crippen LogP contribution in [0, 0.1) is 5.92 Å². The summed E-state index contributed by atoms with van der Waals surface area (Å²) >= 11 is 0. The minimum Gasteiger partial charge on any atom is -0.349 e. The number of hydrogen-bond acceptors (Lipinski definition) is 3. The van der Waals surface area contributed by atoms with Crippen LogP contribution in [-0.4, -0.2) is 39.4 Å². The summed E-state index contributed by atoms with van der Waals surface area (Å²) in [6.45, 7) is 1.52. The standard InChI is InChI=1S/C23H26N4O2/c1-26-20-10-6-5-9-19(20)25-21(26)15-24-23(29)18-11-12-22(28)27(16-18)14-13-17-7-3-2-4-8-17/h2-10,18H,11-16H2,1H3,(H,24,29)/t18-/m1/s1. The number of nitrogens with one attached hydrogen (secondary N) is 1. The minimum atomic E-state index is -0.168. The van der Waals surface area contributed by atoms with Crippen LogP contribution in [0.5, 0.6) is 0 Å². The van der Waals surface area contributed by atoms with E-state index < -0.39 is 0 Å². The zero-order valence-corrected chi connectivity index (χ0v) is 16.7. The lowest BCUT2D eigenvalue weighted by Gasteiger charge is -2.32. The van der Waals surface area contributed by atoms with Crippen molar-refractivity contribution in [2.45, 2.75) is 25.8 Å². The van der Waals surface area contributed by atoms with E-state index in [1.165, 1.54) is 5.56 Å². The molecule has 4 rings (SSSR count). The number of aryl methyl sites for hydroxylation is 1. The number of piperidine rings is 1. The fourth-order valence-corrected chi connectivity index (χ4v) is 3.92. The first kappa shape index (κ1) is 19.2. The molecule has 3 aromatic rings. The van der Waals surface area contributed by atoms with E-state index in [2.05, 4.69) is 22.4 Å². The van der Waals surface area contributed by atoms with Gasteiger partial charge in [-0.3, -0.25) is 9.59 Å². The van der Waals surface area contributed by atoms with E-state index in [0.717, 1.165) is 23.3 Å². The van der Waals surface area contributed by atoms with Crippen LogP contribution in [0.15, 0.2) is 54.6 Å². The fraction of sp³-hybridized carbons (Fsp3) is 0.348. The fourth-order valence-electron chi connectivity index (χ4n) is 3.92. The summed E-state index contributed by atoms with van der Waals surface area (Å²) in [5, 5.41) is 3.02. The number of carbonyl (C=O) groups excluding carboxylic acids is 2. The van der Waals surface area contributed by atoms with Crippen LogP contribution in [0.3, 0.4) is 0 Å². The molecule has 1 atom stereocenters. The Morgan fingerprint density at radius 1 is 1.14 bits per heavy atom. The van der Waals surface area contributed by atoms with Crippen molar-refractivity contribution in [2.75, 3.05) is 13.1 Å². The molecule has 0 spiro atoms. The average Bonchev–Trinajstić information content (AvgIpc) is 3.08. The molecule has 6 heteroatoms. The Kier molecular flexibility index (Phi) is 5.60. The zero-order chi connectivity index (χ0) is 20.2. The maximum Gasteiger partial charge on any atom is 0.225 e. The number of nitrogens with zero attached hydrogens (tertiary/aromatic N) is 3. The van der Waals surface area contributed by atoms with Gasteiger partial charge in [-0.1, -0.05) is 42.5 Å². The third-order valence-corrected chi connectivity index (χ3v) is 5.68. The molecule has 0 radical (unpaired) electrons. The Labute approximate surface area is 170 Å². The van der Waals surface area contributed by atoms with E-state index in [9.17, 15) is 9.59 Å². The second kappa shape index (κ2) is 8.47. The number of aromatic nitrogens is 2. The molecule has 0 aliphatic carbocycles. The van der Waals surface area contributed by atoms with Crippen molar-refractivity contribution in [1.29, 1.82) is 0 Å². The van der Waals surface area contributed by atoms with E-state index in [-0.39, 0.29) is 17.7 Å². The van der Waals surface area contributed by atoms with Crippen molar-refractivity contribution in [3.63, 3.8) is 0 Å². The van der Waals surface area contributed by atoms with Gasteiger partial charge in [0.15, 0.2) is 0 Å². The van der Waals surface area contributed by atoms with Gasteiger partial charge in [-0.15, -0.1) is 0 Å². The summed E-state index contributed by atoms with van der Waals surface area (Å²) in [4.78, 5) is 31.5. The van der Waals surface area contributed by atoms with E-state index in [0.29, 0.717) is 32.5 Å². The maximum atomic E-state index is 12.7. The van der Waals surface area contributed by atoms with Crippen LogP contribution in [0.2, 0.25) is 0 Å². The third kappa shape index (κ3) is 4.31. The lowest BCUT2D eigenvalue weighted by Crippen LogP contribution is -2.46. The lowest BCUT2D eigenvalue weighted by molar-refractivity contribution is -0.138. The van der Waals surface area contributed by atoms with Crippen LogP contribution < -0.4 is 5.32 Å². The van der Waals surface area contributed by atoms with E-state index in [1.807, 2.05) is 59.0 Å². The predicted molar refractivity (Wildman–Crippen MR) is 112 cm³/mol. The molecule has 1 aliphatic heterocycles. The number of likely N-dealkylation sites (tertiary alicyclic amines) is 1. The number of amides is 2. The molecule has 0 unspecified atom stereocenters. The van der Waals surface area contributed by atoms with Gasteiger partial charge in [0.2, 0.25) is 11.8 Å². The lowest BCUT2D eigenvalue weighted by atomic mass is 9.96. The Morgan fingerprint density at radius 3 is 2.69 bits per heavy atom. The largest absolute Gasteiger partial charge is 0.349 e. The third-order valence-electron chi connectivity index (χ3n) is 5.68. The first-order valence-electron chi connectivity index (χ1n) is 10.1. The van der Waals surface area contributed by atoms with E-state index >= 15 is 0 Å². The van der Waals surface area contributed by atoms with Crippen molar-refractivity contribution < 1.29 is 9.59 Å². The number of rotatable bonds is 6. The van der Waals surface area contributed by atoms with Gasteiger partial charge in [-0.05, 0) is 30.5 Å². The van der Waals surface area contributed by atoms with E-state index in [1.54, 1.807) is 0 Å². The van der Waals surface area contributed by atoms with Gasteiger partial charge in [-0.2, -0.15) is 0 Å². The molecule has 1 aromatic heterocycles. The molecular weight excluding hydrogens is 364 g/mol. The Balaban J connectivity index is 1.34. The molecule has 6 nitrogen and oxygen atoms in total. The normalized spacial score (nSPS) is 16.9. The number of imidazole rings is 1. The first-order valence-corrected chi connectivity index (χ1v) is 10.1. The number of hydrogen-bond donors (Lipinski definition) is 1. The highest BCUT2D eigenvalue weighted by Crippen LogP contribution is 2.19. The highest BCUT2D eigenvalue weighted by molar-refractivity contribution is 5.84. The smallest absolute Gasteiger partial charge is 0.225 e. The quantitative estimate of drug-likeness (QED) is 0.704. The van der Waals surface area contributed by atoms with E-state index in [4.69, 9.17) is 0 Å². The second-order valence-corrected chi connectivity index (χ2v) is 7.60. The Hall–Kier alpha value is -3.15. The molecule has 1 aliphatic rings. The van der Waals surface area contributed by atoms with Gasteiger partial charge in [-0.25, -0.2) is 4.98 Å². The molecule has 1 saturated heterocycles. The summed E-state index contributed by atoms with van der Waals surface area (Å²) < 4.78 is 2.01. The van der Waals surface area contributed by atoms with Crippen molar-refractivity contribution in [1.82, 2.24) is 19.8 Å². The van der Waals surface area contributed by atoms with Crippen LogP contribution in [-0.2, 0) is 29.6 Å². The minimum absolute atomic E-state index is 0.00531. The van der Waals surface area contributed by atoms with Crippen molar-refractivity contribution in [3.05, 3.63) is 66.0 Å². The first-order chi connectivity index (χ1) is 14.1. The summed E-state index contributed by atoms with van der Waals surface area (Å²) in [5.74, 6) is 0.792. The van der Waals surface area contributed by atoms with Crippen LogP contribution in [0.1, 0.15) is 24.2 Å². The second-order valence-electron chi connectivity index (χ2n) is 7.60.